The highest BCUT2D eigenvalue weighted by molar-refractivity contribution is 7.49. The van der Waals surface area contributed by atoms with Crippen LogP contribution in [-0.2, 0) is 9.09 Å². The zero-order chi connectivity index (χ0) is 19.8. The third-order valence-electron chi connectivity index (χ3n) is 3.59. The van der Waals surface area contributed by atoms with Crippen LogP contribution < -0.4 is 9.05 Å². The summed E-state index contributed by atoms with van der Waals surface area (Å²) < 4.78 is 29.7. The van der Waals surface area contributed by atoms with Crippen molar-refractivity contribution in [3.05, 3.63) is 95.5 Å². The molecule has 3 aromatic rings. The lowest BCUT2D eigenvalue weighted by molar-refractivity contribution is 0.231. The average Bonchev–Trinajstić information content (AvgIpc) is 2.71. The maximum absolute atomic E-state index is 13.3. The van der Waals surface area contributed by atoms with Crippen molar-refractivity contribution in [2.75, 3.05) is 6.61 Å². The molecule has 6 nitrogen and oxygen atoms in total. The van der Waals surface area contributed by atoms with Crippen LogP contribution >= 0.6 is 19.4 Å². The highest BCUT2D eigenvalue weighted by Crippen LogP contribution is 2.49. The minimum absolute atomic E-state index is 0.0825. The summed E-state index contributed by atoms with van der Waals surface area (Å²) in [6.07, 6.45) is 0. The third kappa shape index (κ3) is 5.36. The minimum Gasteiger partial charge on any atom is -0.411 e. The number of phosphoric acid groups is 1. The van der Waals surface area contributed by atoms with Gasteiger partial charge in [-0.05, 0) is 30.3 Å². The lowest BCUT2D eigenvalue weighted by Crippen LogP contribution is -2.14. The van der Waals surface area contributed by atoms with Crippen molar-refractivity contribution in [2.24, 2.45) is 5.16 Å². The largest absolute Gasteiger partial charge is 0.587 e. The molecule has 0 saturated heterocycles. The Balaban J connectivity index is 1.82. The van der Waals surface area contributed by atoms with E-state index in [-0.39, 0.29) is 12.3 Å². The van der Waals surface area contributed by atoms with E-state index in [1.807, 2.05) is 0 Å². The summed E-state index contributed by atoms with van der Waals surface area (Å²) in [6.45, 7) is -0.350. The van der Waals surface area contributed by atoms with Gasteiger partial charge in [0.05, 0.1) is 0 Å². The molecule has 0 heterocycles. The van der Waals surface area contributed by atoms with Gasteiger partial charge in [-0.25, -0.2) is 4.57 Å². The van der Waals surface area contributed by atoms with Crippen molar-refractivity contribution in [1.82, 2.24) is 0 Å². The van der Waals surface area contributed by atoms with E-state index in [1.165, 1.54) is 0 Å². The van der Waals surface area contributed by atoms with Crippen molar-refractivity contribution >= 4 is 25.1 Å². The van der Waals surface area contributed by atoms with Crippen molar-refractivity contribution in [2.45, 2.75) is 0 Å². The second-order valence-corrected chi connectivity index (χ2v) is 7.48. The fraction of sp³-hybridized carbons (Fsp3) is 0.0500. The lowest BCUT2D eigenvalue weighted by atomic mass is 10.1. The van der Waals surface area contributed by atoms with Crippen LogP contribution in [0.4, 0.5) is 0 Å². The molecule has 0 aliphatic heterocycles. The summed E-state index contributed by atoms with van der Waals surface area (Å²) >= 11 is 6.13. The molecule has 0 spiro atoms. The average molecular weight is 418 g/mol. The number of hydrogen-bond acceptors (Lipinski definition) is 6. The standard InChI is InChI=1S/C20H17ClNO5P/c21-19-14-8-7-13-18(19)20(22-23)15-25-28(24,26-16-9-3-1-4-10-16)27-17-11-5-2-6-12-17/h1-14,23H,15H2. The summed E-state index contributed by atoms with van der Waals surface area (Å²) in [4.78, 5) is 0. The monoisotopic (exact) mass is 417 g/mol. The number of nitrogens with zero attached hydrogens (tertiary/aromatic N) is 1. The summed E-state index contributed by atoms with van der Waals surface area (Å²) in [5.41, 5.74) is 0.525. The van der Waals surface area contributed by atoms with Gasteiger partial charge in [0.15, 0.2) is 0 Å². The molecule has 3 aromatic carbocycles. The van der Waals surface area contributed by atoms with Gasteiger partial charge in [-0.2, -0.15) is 0 Å². The van der Waals surface area contributed by atoms with Gasteiger partial charge >= 0.3 is 7.82 Å². The smallest absolute Gasteiger partial charge is 0.411 e. The van der Waals surface area contributed by atoms with Gasteiger partial charge in [-0.15, -0.1) is 0 Å². The molecule has 0 fully saturated rings. The van der Waals surface area contributed by atoms with Gasteiger partial charge in [0.1, 0.15) is 23.8 Å². The Morgan fingerprint density at radius 1 is 0.857 bits per heavy atom. The number of hydrogen-bond donors (Lipinski definition) is 1. The molecular formula is C20H17ClNO5P. The summed E-state index contributed by atoms with van der Waals surface area (Å²) in [5.74, 6) is 0.615. The van der Waals surface area contributed by atoms with Crippen LogP contribution in [0, 0.1) is 0 Å². The topological polar surface area (TPSA) is 77.4 Å². The molecule has 0 unspecified atom stereocenters. The van der Waals surface area contributed by atoms with Crippen LogP contribution in [0.5, 0.6) is 11.5 Å². The second-order valence-electron chi connectivity index (χ2n) is 5.56. The van der Waals surface area contributed by atoms with E-state index in [4.69, 9.17) is 25.2 Å². The first-order valence-corrected chi connectivity index (χ1v) is 10.1. The predicted octanol–water partition coefficient (Wildman–Crippen LogP) is 5.80. The van der Waals surface area contributed by atoms with Crippen LogP contribution in [0.2, 0.25) is 5.02 Å². The fourth-order valence-corrected chi connectivity index (χ4v) is 3.72. The van der Waals surface area contributed by atoms with E-state index >= 15 is 0 Å². The molecule has 1 N–H and O–H groups in total. The van der Waals surface area contributed by atoms with Crippen LogP contribution in [0.1, 0.15) is 5.56 Å². The molecular weight excluding hydrogens is 401 g/mol. The third-order valence-corrected chi connectivity index (χ3v) is 5.23. The molecule has 3 rings (SSSR count). The number of oxime groups is 1. The molecule has 0 saturated carbocycles. The molecule has 8 heteroatoms. The van der Waals surface area contributed by atoms with E-state index < -0.39 is 7.82 Å². The van der Waals surface area contributed by atoms with Crippen LogP contribution in [0.3, 0.4) is 0 Å². The highest BCUT2D eigenvalue weighted by Gasteiger charge is 2.32. The van der Waals surface area contributed by atoms with Crippen molar-refractivity contribution < 1.29 is 23.3 Å². The first kappa shape index (κ1) is 20.0. The van der Waals surface area contributed by atoms with Crippen molar-refractivity contribution in [3.8, 4) is 11.5 Å². The molecule has 0 radical (unpaired) electrons. The number of phosphoric ester groups is 1. The zero-order valence-corrected chi connectivity index (χ0v) is 16.3. The van der Waals surface area contributed by atoms with Crippen LogP contribution in [0.15, 0.2) is 90.1 Å². The van der Waals surface area contributed by atoms with Gasteiger partial charge in [0.25, 0.3) is 0 Å². The highest BCUT2D eigenvalue weighted by atomic mass is 35.5. The summed E-state index contributed by atoms with van der Waals surface area (Å²) in [6, 6.07) is 23.8. The molecule has 28 heavy (non-hydrogen) atoms. The van der Waals surface area contributed by atoms with Gasteiger partial charge in [0, 0.05) is 10.6 Å². The SMILES string of the molecule is O=P(OCC(=NO)c1ccccc1Cl)(Oc1ccccc1)Oc1ccccc1. The predicted molar refractivity (Wildman–Crippen MR) is 107 cm³/mol. The molecule has 0 atom stereocenters. The second kappa shape index (κ2) is 9.42. The molecule has 0 aliphatic rings. The van der Waals surface area contributed by atoms with E-state index in [0.29, 0.717) is 22.1 Å². The summed E-state index contributed by atoms with van der Waals surface area (Å²) in [7, 11) is -4.10. The molecule has 0 amide bonds. The van der Waals surface area contributed by atoms with Gasteiger partial charge in [-0.1, -0.05) is 71.4 Å². The fourth-order valence-electron chi connectivity index (χ4n) is 2.29. The Kier molecular flexibility index (Phi) is 6.71. The van der Waals surface area contributed by atoms with Crippen LogP contribution in [-0.4, -0.2) is 17.5 Å². The van der Waals surface area contributed by atoms with Gasteiger partial charge < -0.3 is 14.3 Å². The first-order valence-electron chi connectivity index (χ1n) is 8.29. The Hall–Kier alpha value is -2.79. The Bertz CT molecular complexity index is 937. The van der Waals surface area contributed by atoms with Gasteiger partial charge in [0.2, 0.25) is 0 Å². The Morgan fingerprint density at radius 3 is 1.86 bits per heavy atom. The van der Waals surface area contributed by atoms with E-state index in [2.05, 4.69) is 5.16 Å². The molecule has 0 bridgehead atoms. The van der Waals surface area contributed by atoms with E-state index in [9.17, 15) is 9.77 Å². The molecule has 0 aromatic heterocycles. The quantitative estimate of drug-likeness (QED) is 0.217. The number of halogens is 1. The zero-order valence-electron chi connectivity index (χ0n) is 14.6. The Labute approximate surface area is 167 Å². The van der Waals surface area contributed by atoms with Crippen molar-refractivity contribution in [1.29, 1.82) is 0 Å². The lowest BCUT2D eigenvalue weighted by Gasteiger charge is -2.19. The number of para-hydroxylation sites is 2. The van der Waals surface area contributed by atoms with E-state index in [0.717, 1.165) is 0 Å². The van der Waals surface area contributed by atoms with Gasteiger partial charge in [-0.3, -0.25) is 4.52 Å². The summed E-state index contributed by atoms with van der Waals surface area (Å²) in [5, 5.41) is 12.9. The maximum atomic E-state index is 13.3. The minimum atomic E-state index is -4.10. The first-order chi connectivity index (χ1) is 13.6. The number of rotatable bonds is 8. The van der Waals surface area contributed by atoms with Crippen LogP contribution in [0.25, 0.3) is 0 Å². The maximum Gasteiger partial charge on any atom is 0.587 e. The Morgan fingerprint density at radius 2 is 1.36 bits per heavy atom. The molecule has 144 valence electrons. The van der Waals surface area contributed by atoms with E-state index in [1.54, 1.807) is 84.9 Å². The normalized spacial score (nSPS) is 11.8. The van der Waals surface area contributed by atoms with Crippen molar-refractivity contribution in [3.63, 3.8) is 0 Å². The number of benzene rings is 3. The molecule has 0 aliphatic carbocycles.